The van der Waals surface area contributed by atoms with Gasteiger partial charge in [0.05, 0.1) is 19.2 Å². The Kier molecular flexibility index (Phi) is 6.17. The third-order valence-corrected chi connectivity index (χ3v) is 5.67. The molecule has 0 saturated heterocycles. The van der Waals surface area contributed by atoms with Crippen molar-refractivity contribution in [3.8, 4) is 17.1 Å². The lowest BCUT2D eigenvalue weighted by atomic mass is 10.1. The number of fused-ring (bicyclic) bond motifs is 1. The van der Waals surface area contributed by atoms with Crippen LogP contribution in [0.4, 0.5) is 5.69 Å². The van der Waals surface area contributed by atoms with Crippen LogP contribution in [0.3, 0.4) is 0 Å². The van der Waals surface area contributed by atoms with Crippen LogP contribution in [-0.2, 0) is 13.1 Å². The van der Waals surface area contributed by atoms with Crippen molar-refractivity contribution >= 4 is 11.6 Å². The summed E-state index contributed by atoms with van der Waals surface area (Å²) in [7, 11) is 0. The molecule has 1 aliphatic heterocycles. The SMILES string of the molecule is O=C(N[C@@H]1COc2ccccc21)c1cccc(NCc2nnc(-c3ccncc3)n2CCO)c1. The maximum Gasteiger partial charge on any atom is 0.251 e. The molecule has 0 aliphatic carbocycles. The molecule has 0 unspecified atom stereocenters. The monoisotopic (exact) mass is 456 g/mol. The molecule has 0 radical (unpaired) electrons. The Morgan fingerprint density at radius 3 is 2.79 bits per heavy atom. The van der Waals surface area contributed by atoms with E-state index in [1.165, 1.54) is 0 Å². The zero-order chi connectivity index (χ0) is 23.3. The van der Waals surface area contributed by atoms with Crippen molar-refractivity contribution in [1.82, 2.24) is 25.1 Å². The molecule has 4 aromatic rings. The maximum absolute atomic E-state index is 12.9. The van der Waals surface area contributed by atoms with E-state index in [-0.39, 0.29) is 18.6 Å². The third-order valence-electron chi connectivity index (χ3n) is 5.67. The van der Waals surface area contributed by atoms with Crippen molar-refractivity contribution in [3.05, 3.63) is 90.0 Å². The number of pyridine rings is 1. The minimum absolute atomic E-state index is 0.0349. The molecule has 2 aromatic carbocycles. The van der Waals surface area contributed by atoms with Crippen molar-refractivity contribution in [2.45, 2.75) is 19.1 Å². The van der Waals surface area contributed by atoms with Crippen molar-refractivity contribution < 1.29 is 14.6 Å². The smallest absolute Gasteiger partial charge is 0.251 e. The quantitative estimate of drug-likeness (QED) is 0.374. The Balaban J connectivity index is 1.28. The molecule has 5 rings (SSSR count). The van der Waals surface area contributed by atoms with Gasteiger partial charge in [0.1, 0.15) is 12.4 Å². The summed E-state index contributed by atoms with van der Waals surface area (Å²) in [5.74, 6) is 1.98. The van der Waals surface area contributed by atoms with E-state index in [9.17, 15) is 9.90 Å². The fourth-order valence-electron chi connectivity index (χ4n) is 3.99. The van der Waals surface area contributed by atoms with Gasteiger partial charge < -0.3 is 25.0 Å². The van der Waals surface area contributed by atoms with Gasteiger partial charge in [-0.2, -0.15) is 0 Å². The summed E-state index contributed by atoms with van der Waals surface area (Å²) in [5.41, 5.74) is 3.18. The number of hydrogen-bond donors (Lipinski definition) is 3. The highest BCUT2D eigenvalue weighted by atomic mass is 16.5. The van der Waals surface area contributed by atoms with E-state index in [1.807, 2.05) is 53.1 Å². The van der Waals surface area contributed by atoms with E-state index in [1.54, 1.807) is 24.5 Å². The van der Waals surface area contributed by atoms with E-state index in [0.717, 1.165) is 22.6 Å². The molecule has 2 aromatic heterocycles. The normalized spacial score (nSPS) is 14.3. The molecule has 0 spiro atoms. The molecule has 0 bridgehead atoms. The predicted molar refractivity (Wildman–Crippen MR) is 126 cm³/mol. The first-order valence-electron chi connectivity index (χ1n) is 11.0. The van der Waals surface area contributed by atoms with Gasteiger partial charge in [-0.25, -0.2) is 0 Å². The highest BCUT2D eigenvalue weighted by molar-refractivity contribution is 5.95. The average molecular weight is 457 g/mol. The number of para-hydroxylation sites is 1. The van der Waals surface area contributed by atoms with Gasteiger partial charge in [-0.1, -0.05) is 24.3 Å². The predicted octanol–water partition coefficient (Wildman–Crippen LogP) is 2.81. The van der Waals surface area contributed by atoms with Crippen LogP contribution in [0.15, 0.2) is 73.1 Å². The first-order chi connectivity index (χ1) is 16.7. The number of aromatic nitrogens is 4. The van der Waals surface area contributed by atoms with Gasteiger partial charge in [0.2, 0.25) is 0 Å². The lowest BCUT2D eigenvalue weighted by Crippen LogP contribution is -2.29. The summed E-state index contributed by atoms with van der Waals surface area (Å²) < 4.78 is 7.53. The van der Waals surface area contributed by atoms with Crippen LogP contribution in [-0.4, -0.2) is 44.0 Å². The number of rotatable bonds is 8. The fraction of sp³-hybridized carbons (Fsp3) is 0.200. The van der Waals surface area contributed by atoms with Gasteiger partial charge in [0.15, 0.2) is 11.6 Å². The van der Waals surface area contributed by atoms with E-state index in [2.05, 4.69) is 25.8 Å². The fourth-order valence-corrected chi connectivity index (χ4v) is 3.99. The third kappa shape index (κ3) is 4.46. The lowest BCUT2D eigenvalue weighted by molar-refractivity contribution is 0.0930. The summed E-state index contributed by atoms with van der Waals surface area (Å²) in [6.45, 7) is 1.14. The van der Waals surface area contributed by atoms with Gasteiger partial charge in [0.25, 0.3) is 5.91 Å². The molecule has 9 nitrogen and oxygen atoms in total. The molecule has 0 fully saturated rings. The molecule has 1 atom stereocenters. The summed E-state index contributed by atoms with van der Waals surface area (Å²) in [6, 6.07) is 18.5. The lowest BCUT2D eigenvalue weighted by Gasteiger charge is -2.13. The Morgan fingerprint density at radius 2 is 1.94 bits per heavy atom. The highest BCUT2D eigenvalue weighted by Gasteiger charge is 2.25. The number of anilines is 1. The van der Waals surface area contributed by atoms with Crippen LogP contribution in [0.2, 0.25) is 0 Å². The van der Waals surface area contributed by atoms with Crippen LogP contribution in [0.25, 0.3) is 11.4 Å². The molecule has 3 N–H and O–H groups in total. The number of aliphatic hydroxyl groups is 1. The number of carbonyl (C=O) groups is 1. The molecule has 9 heteroatoms. The second kappa shape index (κ2) is 9.72. The van der Waals surface area contributed by atoms with Gasteiger partial charge in [-0.3, -0.25) is 9.78 Å². The summed E-state index contributed by atoms with van der Waals surface area (Å²) in [6.07, 6.45) is 3.39. The van der Waals surface area contributed by atoms with Crippen LogP contribution >= 0.6 is 0 Å². The second-order valence-electron chi connectivity index (χ2n) is 7.86. The molecule has 1 aliphatic rings. The topological polar surface area (TPSA) is 114 Å². The molecular formula is C25H24N6O3. The van der Waals surface area contributed by atoms with E-state index < -0.39 is 0 Å². The largest absolute Gasteiger partial charge is 0.491 e. The minimum Gasteiger partial charge on any atom is -0.491 e. The number of benzene rings is 2. The highest BCUT2D eigenvalue weighted by Crippen LogP contribution is 2.31. The van der Waals surface area contributed by atoms with Crippen molar-refractivity contribution in [3.63, 3.8) is 0 Å². The van der Waals surface area contributed by atoms with Crippen molar-refractivity contribution in [2.75, 3.05) is 18.5 Å². The minimum atomic E-state index is -0.177. The van der Waals surface area contributed by atoms with E-state index >= 15 is 0 Å². The first kappa shape index (κ1) is 21.6. The molecule has 1 amide bonds. The molecule has 3 heterocycles. The number of ether oxygens (including phenoxy) is 1. The Labute approximate surface area is 196 Å². The number of aliphatic hydroxyl groups excluding tert-OH is 1. The van der Waals surface area contributed by atoms with Crippen LogP contribution in [0, 0.1) is 0 Å². The van der Waals surface area contributed by atoms with Gasteiger partial charge in [0, 0.05) is 41.3 Å². The standard InChI is InChI=1S/C25H24N6O3/c32-13-12-31-23(29-30-24(31)17-8-10-26-11-9-17)15-27-19-5-3-4-18(14-19)25(33)28-21-16-34-22-7-2-1-6-20(21)22/h1-11,14,21,27,32H,12-13,15-16H2,(H,28,33)/t21-/m1/s1. The van der Waals surface area contributed by atoms with Crippen molar-refractivity contribution in [1.29, 1.82) is 0 Å². The van der Waals surface area contributed by atoms with E-state index in [4.69, 9.17) is 4.74 Å². The summed E-state index contributed by atoms with van der Waals surface area (Å²) in [4.78, 5) is 16.9. The van der Waals surface area contributed by atoms with Crippen LogP contribution in [0.1, 0.15) is 27.8 Å². The van der Waals surface area contributed by atoms with Crippen LogP contribution in [0.5, 0.6) is 5.75 Å². The first-order valence-corrected chi connectivity index (χ1v) is 11.0. The second-order valence-corrected chi connectivity index (χ2v) is 7.86. The number of amides is 1. The van der Waals surface area contributed by atoms with Crippen LogP contribution < -0.4 is 15.4 Å². The summed E-state index contributed by atoms with van der Waals surface area (Å²) in [5, 5.41) is 24.5. The van der Waals surface area contributed by atoms with Gasteiger partial charge in [-0.05, 0) is 36.4 Å². The Bertz CT molecular complexity index is 1290. The summed E-state index contributed by atoms with van der Waals surface area (Å²) >= 11 is 0. The number of carbonyl (C=O) groups excluding carboxylic acids is 1. The van der Waals surface area contributed by atoms with E-state index in [0.29, 0.717) is 36.9 Å². The zero-order valence-electron chi connectivity index (χ0n) is 18.4. The Morgan fingerprint density at radius 1 is 1.09 bits per heavy atom. The number of nitrogens with zero attached hydrogens (tertiary/aromatic N) is 4. The average Bonchev–Trinajstić information content (AvgIpc) is 3.48. The molecule has 0 saturated carbocycles. The Hall–Kier alpha value is -4.24. The number of hydrogen-bond acceptors (Lipinski definition) is 7. The molecule has 172 valence electrons. The van der Waals surface area contributed by atoms with Crippen molar-refractivity contribution in [2.24, 2.45) is 0 Å². The molecular weight excluding hydrogens is 432 g/mol. The van der Waals surface area contributed by atoms with Gasteiger partial charge in [-0.15, -0.1) is 10.2 Å². The van der Waals surface area contributed by atoms with Gasteiger partial charge >= 0.3 is 0 Å². The number of nitrogens with one attached hydrogen (secondary N) is 2. The molecule has 34 heavy (non-hydrogen) atoms. The maximum atomic E-state index is 12.9. The zero-order valence-corrected chi connectivity index (χ0v) is 18.4.